The number of hydrogen-bond acceptors (Lipinski definition) is 3. The standard InChI is InChI=1S/C14H19N3O2.ClH/c1-8-3-6-11(16-14(19)10-4-5-10)7-12(8)17-13(18)9(2)15;/h3,6-7,9-10H,4-5,15H2,1-2H3,(H,16,19)(H,17,18);1H/t9-;/m0./s1. The molecule has 0 saturated heterocycles. The van der Waals surface area contributed by atoms with Gasteiger partial charge in [0.25, 0.3) is 0 Å². The summed E-state index contributed by atoms with van der Waals surface area (Å²) in [5, 5.41) is 5.61. The van der Waals surface area contributed by atoms with Gasteiger partial charge in [0, 0.05) is 17.3 Å². The van der Waals surface area contributed by atoms with Crippen molar-refractivity contribution in [3.8, 4) is 0 Å². The molecule has 0 spiro atoms. The van der Waals surface area contributed by atoms with Crippen LogP contribution in [0.3, 0.4) is 0 Å². The van der Waals surface area contributed by atoms with E-state index in [9.17, 15) is 9.59 Å². The summed E-state index contributed by atoms with van der Waals surface area (Å²) in [6.07, 6.45) is 1.93. The summed E-state index contributed by atoms with van der Waals surface area (Å²) < 4.78 is 0. The van der Waals surface area contributed by atoms with Gasteiger partial charge in [-0.05, 0) is 44.4 Å². The van der Waals surface area contributed by atoms with Crippen LogP contribution in [-0.2, 0) is 9.59 Å². The third-order valence-corrected chi connectivity index (χ3v) is 3.12. The number of benzene rings is 1. The van der Waals surface area contributed by atoms with E-state index >= 15 is 0 Å². The number of rotatable bonds is 4. The van der Waals surface area contributed by atoms with Crippen LogP contribution in [0.1, 0.15) is 25.3 Å². The van der Waals surface area contributed by atoms with Crippen molar-refractivity contribution in [1.29, 1.82) is 0 Å². The first-order chi connectivity index (χ1) is 8.97. The molecule has 1 fully saturated rings. The summed E-state index contributed by atoms with van der Waals surface area (Å²) in [5.74, 6) is -0.0366. The zero-order chi connectivity index (χ0) is 14.0. The summed E-state index contributed by atoms with van der Waals surface area (Å²) in [5.41, 5.74) is 7.82. The Bertz CT molecular complexity index is 513. The van der Waals surface area contributed by atoms with Crippen LogP contribution in [0, 0.1) is 12.8 Å². The molecule has 2 rings (SSSR count). The van der Waals surface area contributed by atoms with Crippen LogP contribution >= 0.6 is 12.4 Å². The highest BCUT2D eigenvalue weighted by atomic mass is 35.5. The second-order valence-electron chi connectivity index (χ2n) is 5.07. The monoisotopic (exact) mass is 297 g/mol. The van der Waals surface area contributed by atoms with Gasteiger partial charge in [-0.3, -0.25) is 9.59 Å². The first-order valence-electron chi connectivity index (χ1n) is 6.45. The van der Waals surface area contributed by atoms with Crippen LogP contribution in [0.25, 0.3) is 0 Å². The SMILES string of the molecule is Cc1ccc(NC(=O)C2CC2)cc1NC(=O)[C@H](C)N.Cl. The van der Waals surface area contributed by atoms with Gasteiger partial charge >= 0.3 is 0 Å². The number of carbonyl (C=O) groups is 2. The maximum atomic E-state index is 11.7. The van der Waals surface area contributed by atoms with E-state index in [1.54, 1.807) is 13.0 Å². The van der Waals surface area contributed by atoms with Crippen LogP contribution in [0.2, 0.25) is 0 Å². The summed E-state index contributed by atoms with van der Waals surface area (Å²) in [6, 6.07) is 4.89. The van der Waals surface area contributed by atoms with E-state index in [-0.39, 0.29) is 30.1 Å². The van der Waals surface area contributed by atoms with Gasteiger partial charge in [-0.15, -0.1) is 12.4 Å². The molecule has 0 unspecified atom stereocenters. The molecular formula is C14H20ClN3O2. The molecule has 20 heavy (non-hydrogen) atoms. The lowest BCUT2D eigenvalue weighted by molar-refractivity contribution is -0.117. The lowest BCUT2D eigenvalue weighted by Gasteiger charge is -2.12. The van der Waals surface area contributed by atoms with Gasteiger partial charge in [-0.2, -0.15) is 0 Å². The first-order valence-corrected chi connectivity index (χ1v) is 6.45. The number of aryl methyl sites for hydroxylation is 1. The molecule has 1 atom stereocenters. The van der Waals surface area contributed by atoms with Crippen LogP contribution < -0.4 is 16.4 Å². The van der Waals surface area contributed by atoms with E-state index in [2.05, 4.69) is 10.6 Å². The molecule has 0 radical (unpaired) electrons. The normalized spacial score (nSPS) is 14.9. The van der Waals surface area contributed by atoms with Crippen molar-refractivity contribution in [2.24, 2.45) is 11.7 Å². The highest BCUT2D eigenvalue weighted by Gasteiger charge is 2.29. The number of hydrogen-bond donors (Lipinski definition) is 3. The van der Waals surface area contributed by atoms with Gasteiger partial charge < -0.3 is 16.4 Å². The summed E-state index contributed by atoms with van der Waals surface area (Å²) in [6.45, 7) is 3.52. The fourth-order valence-corrected chi connectivity index (χ4v) is 1.67. The van der Waals surface area contributed by atoms with Crippen molar-refractivity contribution in [3.05, 3.63) is 23.8 Å². The van der Waals surface area contributed by atoms with E-state index in [4.69, 9.17) is 5.73 Å². The molecular weight excluding hydrogens is 278 g/mol. The number of carbonyl (C=O) groups excluding carboxylic acids is 2. The van der Waals surface area contributed by atoms with Crippen LogP contribution in [0.5, 0.6) is 0 Å². The number of amides is 2. The Hall–Kier alpha value is -1.59. The Morgan fingerprint density at radius 3 is 2.50 bits per heavy atom. The molecule has 0 aromatic heterocycles. The molecule has 110 valence electrons. The smallest absolute Gasteiger partial charge is 0.241 e. The maximum absolute atomic E-state index is 11.7. The minimum atomic E-state index is -0.566. The minimum Gasteiger partial charge on any atom is -0.326 e. The van der Waals surface area contributed by atoms with E-state index in [1.165, 1.54) is 0 Å². The van der Waals surface area contributed by atoms with Gasteiger partial charge in [0.2, 0.25) is 11.8 Å². The molecule has 2 amide bonds. The van der Waals surface area contributed by atoms with Crippen LogP contribution in [0.15, 0.2) is 18.2 Å². The molecule has 0 heterocycles. The zero-order valence-electron chi connectivity index (χ0n) is 11.6. The van der Waals surface area contributed by atoms with E-state index in [1.807, 2.05) is 19.1 Å². The zero-order valence-corrected chi connectivity index (χ0v) is 12.4. The van der Waals surface area contributed by atoms with Crippen molar-refractivity contribution in [2.45, 2.75) is 32.7 Å². The van der Waals surface area contributed by atoms with Gasteiger partial charge in [0.05, 0.1) is 6.04 Å². The number of halogens is 1. The van der Waals surface area contributed by atoms with Gasteiger partial charge in [-0.25, -0.2) is 0 Å². The fraction of sp³-hybridized carbons (Fsp3) is 0.429. The fourth-order valence-electron chi connectivity index (χ4n) is 1.67. The highest BCUT2D eigenvalue weighted by molar-refractivity contribution is 5.97. The van der Waals surface area contributed by atoms with E-state index < -0.39 is 6.04 Å². The molecule has 1 aliphatic rings. The van der Waals surface area contributed by atoms with Gasteiger partial charge in [-0.1, -0.05) is 6.07 Å². The molecule has 1 saturated carbocycles. The van der Waals surface area contributed by atoms with Crippen molar-refractivity contribution in [2.75, 3.05) is 10.6 Å². The Kier molecular flexibility index (Phi) is 5.53. The topological polar surface area (TPSA) is 84.2 Å². The maximum Gasteiger partial charge on any atom is 0.241 e. The van der Waals surface area contributed by atoms with Crippen molar-refractivity contribution < 1.29 is 9.59 Å². The minimum absolute atomic E-state index is 0. The second kappa shape index (κ2) is 6.72. The Labute approximate surface area is 124 Å². The quantitative estimate of drug-likeness (QED) is 0.795. The summed E-state index contributed by atoms with van der Waals surface area (Å²) >= 11 is 0. The summed E-state index contributed by atoms with van der Waals surface area (Å²) in [4.78, 5) is 23.3. The predicted octanol–water partition coefficient (Wildman–Crippen LogP) is 2.05. The van der Waals surface area contributed by atoms with E-state index in [0.29, 0.717) is 11.4 Å². The molecule has 0 bridgehead atoms. The number of nitrogens with one attached hydrogen (secondary N) is 2. The van der Waals surface area contributed by atoms with Gasteiger partial charge in [0.1, 0.15) is 0 Å². The molecule has 1 aliphatic carbocycles. The van der Waals surface area contributed by atoms with Crippen LogP contribution in [0.4, 0.5) is 11.4 Å². The molecule has 0 aliphatic heterocycles. The number of nitrogens with two attached hydrogens (primary N) is 1. The number of anilines is 2. The third-order valence-electron chi connectivity index (χ3n) is 3.12. The predicted molar refractivity (Wildman–Crippen MR) is 82.1 cm³/mol. The highest BCUT2D eigenvalue weighted by Crippen LogP contribution is 2.30. The Morgan fingerprint density at radius 1 is 1.30 bits per heavy atom. The lowest BCUT2D eigenvalue weighted by Crippen LogP contribution is -2.32. The average molecular weight is 298 g/mol. The molecule has 6 heteroatoms. The average Bonchev–Trinajstić information content (AvgIpc) is 3.17. The van der Waals surface area contributed by atoms with Crippen molar-refractivity contribution in [1.82, 2.24) is 0 Å². The van der Waals surface area contributed by atoms with Crippen molar-refractivity contribution >= 4 is 35.6 Å². The van der Waals surface area contributed by atoms with E-state index in [0.717, 1.165) is 18.4 Å². The summed E-state index contributed by atoms with van der Waals surface area (Å²) in [7, 11) is 0. The Morgan fingerprint density at radius 2 is 1.95 bits per heavy atom. The second-order valence-corrected chi connectivity index (χ2v) is 5.07. The molecule has 1 aromatic carbocycles. The van der Waals surface area contributed by atoms with Crippen molar-refractivity contribution in [3.63, 3.8) is 0 Å². The molecule has 5 nitrogen and oxygen atoms in total. The first kappa shape index (κ1) is 16.5. The van der Waals surface area contributed by atoms with Crippen LogP contribution in [-0.4, -0.2) is 17.9 Å². The van der Waals surface area contributed by atoms with Gasteiger partial charge in [0.15, 0.2) is 0 Å². The molecule has 1 aromatic rings. The largest absolute Gasteiger partial charge is 0.326 e. The Balaban J connectivity index is 0.00000200. The molecule has 4 N–H and O–H groups in total. The third kappa shape index (κ3) is 4.21. The lowest BCUT2D eigenvalue weighted by atomic mass is 10.1.